The van der Waals surface area contributed by atoms with Gasteiger partial charge in [0.15, 0.2) is 0 Å². The molecule has 1 aliphatic rings. The van der Waals surface area contributed by atoms with E-state index in [0.717, 1.165) is 0 Å². The molecule has 0 bridgehead atoms. The molecule has 1 heterocycles. The van der Waals surface area contributed by atoms with Crippen LogP contribution in [0.5, 0.6) is 11.5 Å². The zero-order chi connectivity index (χ0) is 18.7. The van der Waals surface area contributed by atoms with Crippen molar-refractivity contribution in [2.75, 3.05) is 31.0 Å². The second-order valence-corrected chi connectivity index (χ2v) is 6.38. The number of methoxy groups -OCH3 is 2. The van der Waals surface area contributed by atoms with Crippen molar-refractivity contribution >= 4 is 34.8 Å². The molecule has 0 unspecified atom stereocenters. The fourth-order valence-electron chi connectivity index (χ4n) is 2.92. The predicted molar refractivity (Wildman–Crippen MR) is 100 cm³/mol. The van der Waals surface area contributed by atoms with Crippen LogP contribution in [0.25, 0.3) is 0 Å². The molecule has 0 saturated carbocycles. The van der Waals surface area contributed by atoms with Crippen LogP contribution in [0.2, 0.25) is 5.02 Å². The Labute approximate surface area is 156 Å². The Morgan fingerprint density at radius 1 is 1.19 bits per heavy atom. The Balaban J connectivity index is 1.74. The Morgan fingerprint density at radius 2 is 2.00 bits per heavy atom. The first-order chi connectivity index (χ1) is 12.5. The van der Waals surface area contributed by atoms with Gasteiger partial charge in [0.2, 0.25) is 11.8 Å². The zero-order valence-electron chi connectivity index (χ0n) is 14.5. The maximum atomic E-state index is 12.7. The molecule has 0 aromatic heterocycles. The summed E-state index contributed by atoms with van der Waals surface area (Å²) in [6.07, 6.45) is 0.143. The summed E-state index contributed by atoms with van der Waals surface area (Å²) in [5.41, 5.74) is 1.20. The number of anilines is 2. The number of hydrogen-bond acceptors (Lipinski definition) is 4. The van der Waals surface area contributed by atoms with Crippen molar-refractivity contribution in [3.8, 4) is 11.5 Å². The molecule has 1 atom stereocenters. The van der Waals surface area contributed by atoms with Crippen LogP contribution in [0.15, 0.2) is 42.5 Å². The molecule has 1 fully saturated rings. The van der Waals surface area contributed by atoms with Crippen LogP contribution < -0.4 is 19.7 Å². The summed E-state index contributed by atoms with van der Waals surface area (Å²) in [5.74, 6) is 0.316. The van der Waals surface area contributed by atoms with Crippen LogP contribution in [0.1, 0.15) is 6.42 Å². The van der Waals surface area contributed by atoms with Crippen molar-refractivity contribution in [3.63, 3.8) is 0 Å². The zero-order valence-corrected chi connectivity index (χ0v) is 15.2. The minimum absolute atomic E-state index is 0.106. The van der Waals surface area contributed by atoms with Crippen LogP contribution in [0.4, 0.5) is 11.4 Å². The minimum Gasteiger partial charge on any atom is -0.497 e. The van der Waals surface area contributed by atoms with Gasteiger partial charge in [-0.2, -0.15) is 0 Å². The lowest BCUT2D eigenvalue weighted by molar-refractivity contribution is -0.122. The first-order valence-corrected chi connectivity index (χ1v) is 8.48. The van der Waals surface area contributed by atoms with Crippen molar-refractivity contribution in [2.45, 2.75) is 6.42 Å². The first kappa shape index (κ1) is 18.1. The monoisotopic (exact) mass is 374 g/mol. The molecule has 0 spiro atoms. The van der Waals surface area contributed by atoms with E-state index in [0.29, 0.717) is 34.4 Å². The maximum Gasteiger partial charge on any atom is 0.229 e. The molecule has 1 N–H and O–H groups in total. The number of benzene rings is 2. The number of carbonyl (C=O) groups excluding carboxylic acids is 2. The summed E-state index contributed by atoms with van der Waals surface area (Å²) >= 11 is 6.00. The molecular formula is C19H19ClN2O4. The van der Waals surface area contributed by atoms with Crippen molar-refractivity contribution in [1.29, 1.82) is 0 Å². The van der Waals surface area contributed by atoms with E-state index in [1.165, 1.54) is 7.11 Å². The molecule has 1 aliphatic heterocycles. The number of amides is 2. The fourth-order valence-corrected chi connectivity index (χ4v) is 3.11. The average molecular weight is 375 g/mol. The largest absolute Gasteiger partial charge is 0.497 e. The number of carbonyl (C=O) groups is 2. The second-order valence-electron chi connectivity index (χ2n) is 5.94. The van der Waals surface area contributed by atoms with Gasteiger partial charge in [-0.05, 0) is 30.3 Å². The van der Waals surface area contributed by atoms with Crippen molar-refractivity contribution < 1.29 is 19.1 Å². The normalized spacial score (nSPS) is 16.5. The fraction of sp³-hybridized carbons (Fsp3) is 0.263. The van der Waals surface area contributed by atoms with Gasteiger partial charge in [-0.1, -0.05) is 17.7 Å². The van der Waals surface area contributed by atoms with Gasteiger partial charge >= 0.3 is 0 Å². The molecule has 136 valence electrons. The quantitative estimate of drug-likeness (QED) is 0.871. The topological polar surface area (TPSA) is 67.9 Å². The Morgan fingerprint density at radius 3 is 2.69 bits per heavy atom. The van der Waals surface area contributed by atoms with Crippen LogP contribution in [-0.4, -0.2) is 32.6 Å². The molecule has 7 heteroatoms. The summed E-state index contributed by atoms with van der Waals surface area (Å²) < 4.78 is 10.5. The van der Waals surface area contributed by atoms with Gasteiger partial charge in [-0.3, -0.25) is 9.59 Å². The predicted octanol–water partition coefficient (Wildman–Crippen LogP) is 3.35. The molecule has 0 aliphatic carbocycles. The maximum absolute atomic E-state index is 12.7. The molecule has 26 heavy (non-hydrogen) atoms. The summed E-state index contributed by atoms with van der Waals surface area (Å²) in [6.45, 7) is 0.303. The highest BCUT2D eigenvalue weighted by Gasteiger charge is 2.35. The Bertz CT molecular complexity index is 840. The summed E-state index contributed by atoms with van der Waals surface area (Å²) in [4.78, 5) is 26.6. The standard InChI is InChI=1S/C19H19ClN2O4/c1-25-15-6-7-17(26-2)16(10-15)21-19(24)12-8-18(23)22(11-12)14-5-3-4-13(20)9-14/h3-7,9-10,12H,8,11H2,1-2H3,(H,21,24)/t12-/m0/s1. The molecular weight excluding hydrogens is 356 g/mol. The summed E-state index contributed by atoms with van der Waals surface area (Å²) in [5, 5.41) is 3.38. The van der Waals surface area contributed by atoms with Crippen LogP contribution in [0, 0.1) is 5.92 Å². The average Bonchev–Trinajstić information content (AvgIpc) is 3.03. The number of nitrogens with one attached hydrogen (secondary N) is 1. The second kappa shape index (κ2) is 7.66. The van der Waals surface area contributed by atoms with E-state index in [2.05, 4.69) is 5.32 Å². The summed E-state index contributed by atoms with van der Waals surface area (Å²) in [7, 11) is 3.07. The molecule has 0 radical (unpaired) electrons. The van der Waals surface area contributed by atoms with Gasteiger partial charge in [0.1, 0.15) is 11.5 Å². The van der Waals surface area contributed by atoms with Crippen LogP contribution in [0.3, 0.4) is 0 Å². The van der Waals surface area contributed by atoms with Gasteiger partial charge in [0.05, 0.1) is 25.8 Å². The van der Waals surface area contributed by atoms with Gasteiger partial charge in [-0.15, -0.1) is 0 Å². The highest BCUT2D eigenvalue weighted by molar-refractivity contribution is 6.31. The van der Waals surface area contributed by atoms with Gasteiger partial charge in [0.25, 0.3) is 0 Å². The molecule has 2 aromatic rings. The number of rotatable bonds is 5. The third-order valence-electron chi connectivity index (χ3n) is 4.28. The van der Waals surface area contributed by atoms with E-state index in [4.69, 9.17) is 21.1 Å². The Kier molecular flexibility index (Phi) is 5.32. The highest BCUT2D eigenvalue weighted by Crippen LogP contribution is 2.31. The number of hydrogen-bond donors (Lipinski definition) is 1. The first-order valence-electron chi connectivity index (χ1n) is 8.10. The third kappa shape index (κ3) is 3.75. The van der Waals surface area contributed by atoms with E-state index in [1.807, 2.05) is 0 Å². The SMILES string of the molecule is COc1ccc(OC)c(NC(=O)[C@H]2CC(=O)N(c3cccc(Cl)c3)C2)c1. The van der Waals surface area contributed by atoms with E-state index < -0.39 is 5.92 Å². The van der Waals surface area contributed by atoms with E-state index >= 15 is 0 Å². The van der Waals surface area contributed by atoms with Crippen molar-refractivity contribution in [1.82, 2.24) is 0 Å². The molecule has 6 nitrogen and oxygen atoms in total. The lowest BCUT2D eigenvalue weighted by Gasteiger charge is -2.17. The number of ether oxygens (including phenoxy) is 2. The molecule has 2 amide bonds. The summed E-state index contributed by atoms with van der Waals surface area (Å²) in [6, 6.07) is 12.2. The third-order valence-corrected chi connectivity index (χ3v) is 4.52. The minimum atomic E-state index is -0.461. The van der Waals surface area contributed by atoms with E-state index in [9.17, 15) is 9.59 Å². The van der Waals surface area contributed by atoms with Gasteiger partial charge in [-0.25, -0.2) is 0 Å². The van der Waals surface area contributed by atoms with E-state index in [1.54, 1.807) is 54.5 Å². The molecule has 3 rings (SSSR count). The lowest BCUT2D eigenvalue weighted by atomic mass is 10.1. The smallest absolute Gasteiger partial charge is 0.229 e. The Hall–Kier alpha value is -2.73. The molecule has 2 aromatic carbocycles. The number of halogens is 1. The van der Waals surface area contributed by atoms with Gasteiger partial charge < -0.3 is 19.7 Å². The van der Waals surface area contributed by atoms with Gasteiger partial charge in [0, 0.05) is 29.7 Å². The van der Waals surface area contributed by atoms with Crippen molar-refractivity contribution in [3.05, 3.63) is 47.5 Å². The van der Waals surface area contributed by atoms with Crippen LogP contribution in [-0.2, 0) is 9.59 Å². The highest BCUT2D eigenvalue weighted by atomic mass is 35.5. The molecule has 1 saturated heterocycles. The van der Waals surface area contributed by atoms with E-state index in [-0.39, 0.29) is 18.2 Å². The van der Waals surface area contributed by atoms with Crippen molar-refractivity contribution in [2.24, 2.45) is 5.92 Å². The lowest BCUT2D eigenvalue weighted by Crippen LogP contribution is -2.28. The van der Waals surface area contributed by atoms with Crippen LogP contribution >= 0.6 is 11.6 Å². The number of nitrogens with zero attached hydrogens (tertiary/aromatic N) is 1.